The number of nitrogens with zero attached hydrogens (tertiary/aromatic N) is 3. The normalized spacial score (nSPS) is 11.3. The summed E-state index contributed by atoms with van der Waals surface area (Å²) in [6.07, 6.45) is 2.65. The number of unbranched alkanes of at least 4 members (excludes halogenated alkanes) is 2. The Morgan fingerprint density at radius 3 is 2.23 bits per heavy atom. The number of carbonyl (C=O) groups is 2. The zero-order valence-corrected chi connectivity index (χ0v) is 24.8. The molecule has 0 fully saturated rings. The second kappa shape index (κ2) is 13.2. The molecule has 1 heterocycles. The fraction of sp³-hybridized carbons (Fsp3) is 0.414. The quantitative estimate of drug-likeness (QED) is 0.255. The SMILES string of the molecule is CCCCCN(CC(=O)Nc1cc(C(C)(C)C)nn1-c1ccc(Cl)c(Cl)c1)C(=O)c1c(OC)cccc1OC. The van der Waals surface area contributed by atoms with Crippen molar-refractivity contribution in [2.24, 2.45) is 0 Å². The molecule has 0 spiro atoms. The van der Waals surface area contributed by atoms with Gasteiger partial charge in [-0.25, -0.2) is 4.68 Å². The molecule has 39 heavy (non-hydrogen) atoms. The number of aromatic nitrogens is 2. The molecular formula is C29H36Cl2N4O4. The van der Waals surface area contributed by atoms with Crippen LogP contribution in [0.2, 0.25) is 10.0 Å². The van der Waals surface area contributed by atoms with Gasteiger partial charge in [-0.15, -0.1) is 0 Å². The Hall–Kier alpha value is -3.23. The maximum atomic E-state index is 13.7. The van der Waals surface area contributed by atoms with E-state index in [1.165, 1.54) is 19.1 Å². The molecule has 1 aromatic heterocycles. The van der Waals surface area contributed by atoms with Gasteiger partial charge in [-0.3, -0.25) is 9.59 Å². The average molecular weight is 576 g/mol. The van der Waals surface area contributed by atoms with Crippen molar-refractivity contribution in [1.82, 2.24) is 14.7 Å². The molecule has 1 N–H and O–H groups in total. The first kappa shape index (κ1) is 30.3. The second-order valence-corrected chi connectivity index (χ2v) is 11.0. The van der Waals surface area contributed by atoms with Gasteiger partial charge in [-0.1, -0.05) is 69.8 Å². The number of ether oxygens (including phenoxy) is 2. The van der Waals surface area contributed by atoms with E-state index >= 15 is 0 Å². The van der Waals surface area contributed by atoms with Crippen molar-refractivity contribution in [2.45, 2.75) is 52.4 Å². The minimum atomic E-state index is -0.365. The lowest BCUT2D eigenvalue weighted by molar-refractivity contribution is -0.117. The summed E-state index contributed by atoms with van der Waals surface area (Å²) in [6, 6.07) is 12.1. The molecule has 0 aliphatic heterocycles. The van der Waals surface area contributed by atoms with Crippen molar-refractivity contribution in [2.75, 3.05) is 32.6 Å². The van der Waals surface area contributed by atoms with Crippen molar-refractivity contribution < 1.29 is 19.1 Å². The van der Waals surface area contributed by atoms with Gasteiger partial charge in [0.1, 0.15) is 29.4 Å². The van der Waals surface area contributed by atoms with Gasteiger partial charge in [-0.05, 0) is 36.8 Å². The number of halogens is 2. The lowest BCUT2D eigenvalue weighted by Crippen LogP contribution is -2.39. The van der Waals surface area contributed by atoms with Crippen LogP contribution in [0.3, 0.4) is 0 Å². The summed E-state index contributed by atoms with van der Waals surface area (Å²) < 4.78 is 12.5. The van der Waals surface area contributed by atoms with Crippen LogP contribution < -0.4 is 14.8 Å². The minimum Gasteiger partial charge on any atom is -0.496 e. The minimum absolute atomic E-state index is 0.166. The van der Waals surface area contributed by atoms with E-state index in [9.17, 15) is 9.59 Å². The largest absolute Gasteiger partial charge is 0.496 e. The highest BCUT2D eigenvalue weighted by molar-refractivity contribution is 6.42. The summed E-state index contributed by atoms with van der Waals surface area (Å²) in [5.74, 6) is 0.513. The molecule has 0 saturated heterocycles. The topological polar surface area (TPSA) is 85.7 Å². The summed E-state index contributed by atoms with van der Waals surface area (Å²) in [7, 11) is 2.99. The summed E-state index contributed by atoms with van der Waals surface area (Å²) in [5.41, 5.74) is 1.43. The molecule has 0 unspecified atom stereocenters. The Morgan fingerprint density at radius 2 is 1.67 bits per heavy atom. The molecule has 210 valence electrons. The maximum absolute atomic E-state index is 13.7. The van der Waals surface area contributed by atoms with Crippen molar-refractivity contribution in [3.05, 3.63) is 63.8 Å². The predicted molar refractivity (Wildman–Crippen MR) is 156 cm³/mol. The molecule has 8 nitrogen and oxygen atoms in total. The van der Waals surface area contributed by atoms with Gasteiger partial charge in [0.25, 0.3) is 5.91 Å². The van der Waals surface area contributed by atoms with Crippen molar-refractivity contribution in [3.8, 4) is 17.2 Å². The van der Waals surface area contributed by atoms with E-state index in [1.807, 2.05) is 26.8 Å². The molecule has 0 aliphatic rings. The number of carbonyl (C=O) groups excluding carboxylic acids is 2. The van der Waals surface area contributed by atoms with Crippen LogP contribution in [-0.4, -0.2) is 53.8 Å². The first-order valence-electron chi connectivity index (χ1n) is 12.9. The monoisotopic (exact) mass is 574 g/mol. The number of hydrogen-bond acceptors (Lipinski definition) is 5. The first-order chi connectivity index (χ1) is 18.5. The van der Waals surface area contributed by atoms with Gasteiger partial charge in [0.05, 0.1) is 35.6 Å². The Labute approximate surface area is 240 Å². The maximum Gasteiger partial charge on any atom is 0.261 e. The van der Waals surface area contributed by atoms with Gasteiger partial charge < -0.3 is 19.7 Å². The van der Waals surface area contributed by atoms with Crippen LogP contribution in [0.25, 0.3) is 5.69 Å². The predicted octanol–water partition coefficient (Wildman–Crippen LogP) is 6.76. The third-order valence-electron chi connectivity index (χ3n) is 6.19. The molecule has 0 bridgehead atoms. The lowest BCUT2D eigenvalue weighted by Gasteiger charge is -2.24. The zero-order valence-electron chi connectivity index (χ0n) is 23.3. The fourth-order valence-corrected chi connectivity index (χ4v) is 4.32. The van der Waals surface area contributed by atoms with Crippen molar-refractivity contribution in [1.29, 1.82) is 0 Å². The van der Waals surface area contributed by atoms with E-state index in [1.54, 1.807) is 41.1 Å². The highest BCUT2D eigenvalue weighted by atomic mass is 35.5. The van der Waals surface area contributed by atoms with Crippen LogP contribution in [0.1, 0.15) is 63.0 Å². The van der Waals surface area contributed by atoms with Crippen LogP contribution in [0.5, 0.6) is 11.5 Å². The molecule has 3 rings (SSSR count). The Kier molecular flexibility index (Phi) is 10.3. The van der Waals surface area contributed by atoms with Crippen LogP contribution in [-0.2, 0) is 10.2 Å². The highest BCUT2D eigenvalue weighted by Crippen LogP contribution is 2.31. The molecule has 2 amide bonds. The first-order valence-corrected chi connectivity index (χ1v) is 13.6. The number of benzene rings is 2. The van der Waals surface area contributed by atoms with Gasteiger partial charge in [0, 0.05) is 18.0 Å². The molecule has 0 radical (unpaired) electrons. The van der Waals surface area contributed by atoms with E-state index in [4.69, 9.17) is 37.8 Å². The van der Waals surface area contributed by atoms with Crippen LogP contribution in [0.15, 0.2) is 42.5 Å². The Morgan fingerprint density at radius 1 is 1.00 bits per heavy atom. The summed E-state index contributed by atoms with van der Waals surface area (Å²) >= 11 is 12.4. The molecule has 10 heteroatoms. The highest BCUT2D eigenvalue weighted by Gasteiger charge is 2.27. The number of amides is 2. The van der Waals surface area contributed by atoms with Gasteiger partial charge >= 0.3 is 0 Å². The third kappa shape index (κ3) is 7.46. The summed E-state index contributed by atoms with van der Waals surface area (Å²) in [5, 5.41) is 8.47. The van der Waals surface area contributed by atoms with Crippen LogP contribution >= 0.6 is 23.2 Å². The van der Waals surface area contributed by atoms with E-state index < -0.39 is 0 Å². The number of nitrogens with one attached hydrogen (secondary N) is 1. The molecule has 2 aromatic carbocycles. The number of rotatable bonds is 11. The van der Waals surface area contributed by atoms with E-state index in [2.05, 4.69) is 12.2 Å². The van der Waals surface area contributed by atoms with Gasteiger partial charge in [0.2, 0.25) is 5.91 Å². The van der Waals surface area contributed by atoms with Crippen LogP contribution in [0, 0.1) is 0 Å². The fourth-order valence-electron chi connectivity index (χ4n) is 4.03. The average Bonchev–Trinajstić information content (AvgIpc) is 3.33. The van der Waals surface area contributed by atoms with E-state index in [0.29, 0.717) is 39.6 Å². The number of anilines is 1. The van der Waals surface area contributed by atoms with Crippen molar-refractivity contribution >= 4 is 40.8 Å². The Balaban J connectivity index is 1.93. The number of hydrogen-bond donors (Lipinski definition) is 1. The molecule has 3 aromatic rings. The molecule has 0 saturated carbocycles. The zero-order chi connectivity index (χ0) is 28.7. The van der Waals surface area contributed by atoms with Crippen LogP contribution in [0.4, 0.5) is 5.82 Å². The van der Waals surface area contributed by atoms with E-state index in [0.717, 1.165) is 25.0 Å². The standard InChI is InChI=1S/C29H36Cl2N4O4/c1-7-8-9-15-34(28(37)27-22(38-5)11-10-12-23(27)39-6)18-26(36)32-25-17-24(29(2,3)4)33-35(25)19-13-14-20(30)21(31)16-19/h10-14,16-17H,7-9,15,18H2,1-6H3,(H,32,36). The molecule has 0 atom stereocenters. The third-order valence-corrected chi connectivity index (χ3v) is 6.93. The smallest absolute Gasteiger partial charge is 0.261 e. The second-order valence-electron chi connectivity index (χ2n) is 10.2. The molecular weight excluding hydrogens is 539 g/mol. The molecule has 0 aliphatic carbocycles. The Bertz CT molecular complexity index is 1290. The van der Waals surface area contributed by atoms with E-state index in [-0.39, 0.29) is 29.3 Å². The van der Waals surface area contributed by atoms with Gasteiger partial charge in [-0.2, -0.15) is 5.10 Å². The summed E-state index contributed by atoms with van der Waals surface area (Å²) in [6.45, 7) is 8.43. The van der Waals surface area contributed by atoms with Crippen molar-refractivity contribution in [3.63, 3.8) is 0 Å². The number of methoxy groups -OCH3 is 2. The van der Waals surface area contributed by atoms with Gasteiger partial charge in [0.15, 0.2) is 0 Å². The summed E-state index contributed by atoms with van der Waals surface area (Å²) in [4.78, 5) is 28.7. The lowest BCUT2D eigenvalue weighted by atomic mass is 9.92.